The van der Waals surface area contributed by atoms with Gasteiger partial charge in [-0.25, -0.2) is 9.07 Å². The van der Waals surface area contributed by atoms with Crippen LogP contribution in [0.4, 0.5) is 10.1 Å². The maximum Gasteiger partial charge on any atom is 0.244 e. The van der Waals surface area contributed by atoms with E-state index in [1.165, 1.54) is 12.1 Å². The first-order chi connectivity index (χ1) is 13.7. The van der Waals surface area contributed by atoms with Gasteiger partial charge in [0.15, 0.2) is 5.75 Å². The molecule has 1 amide bonds. The highest BCUT2D eigenvalue weighted by Gasteiger charge is 2.30. The average Bonchev–Trinajstić information content (AvgIpc) is 3.32. The minimum absolute atomic E-state index is 0.0209. The van der Waals surface area contributed by atoms with Crippen molar-refractivity contribution >= 4 is 11.6 Å². The number of carbonyl (C=O) groups is 1. The number of halogens is 1. The average molecular weight is 378 g/mol. The van der Waals surface area contributed by atoms with Crippen LogP contribution in [0.1, 0.15) is 17.7 Å². The second kappa shape index (κ2) is 6.76. The van der Waals surface area contributed by atoms with Gasteiger partial charge in [0.05, 0.1) is 29.8 Å². The Morgan fingerprint density at radius 1 is 1.14 bits per heavy atom. The van der Waals surface area contributed by atoms with Crippen molar-refractivity contribution in [2.24, 2.45) is 0 Å². The number of hydroxylamine groups is 2. The van der Waals surface area contributed by atoms with Crippen LogP contribution in [-0.4, -0.2) is 33.8 Å². The minimum Gasteiger partial charge on any atom is -0.405 e. The molecule has 0 fully saturated rings. The SMILES string of the molecule is O=C(CN1Cc2ccccc2O1)N1CCCc2c1cnn2-c1ccc(F)cc1. The summed E-state index contributed by atoms with van der Waals surface area (Å²) in [4.78, 5) is 20.5. The van der Waals surface area contributed by atoms with Gasteiger partial charge in [0, 0.05) is 12.1 Å². The topological polar surface area (TPSA) is 50.6 Å². The minimum atomic E-state index is -0.284. The molecule has 0 unspecified atom stereocenters. The molecule has 2 aliphatic heterocycles. The fraction of sp³-hybridized carbons (Fsp3) is 0.238. The fourth-order valence-corrected chi connectivity index (χ4v) is 3.82. The number of amides is 1. The van der Waals surface area contributed by atoms with Gasteiger partial charge >= 0.3 is 0 Å². The Bertz CT molecular complexity index is 1010. The summed E-state index contributed by atoms with van der Waals surface area (Å²) in [5.74, 6) is 0.499. The molecule has 142 valence electrons. The predicted molar refractivity (Wildman–Crippen MR) is 102 cm³/mol. The van der Waals surface area contributed by atoms with E-state index in [1.807, 2.05) is 24.3 Å². The second-order valence-corrected chi connectivity index (χ2v) is 7.01. The molecule has 2 aromatic carbocycles. The molecule has 7 heteroatoms. The van der Waals surface area contributed by atoms with Crippen LogP contribution in [0.3, 0.4) is 0 Å². The molecule has 0 spiro atoms. The van der Waals surface area contributed by atoms with E-state index >= 15 is 0 Å². The maximum atomic E-state index is 13.2. The van der Waals surface area contributed by atoms with E-state index in [1.54, 1.807) is 33.0 Å². The lowest BCUT2D eigenvalue weighted by molar-refractivity contribution is -0.128. The molecule has 1 aromatic heterocycles. The summed E-state index contributed by atoms with van der Waals surface area (Å²) in [5, 5.41) is 6.14. The number of hydrogen-bond acceptors (Lipinski definition) is 4. The van der Waals surface area contributed by atoms with Crippen molar-refractivity contribution in [3.05, 3.63) is 71.8 Å². The van der Waals surface area contributed by atoms with Crippen molar-refractivity contribution in [2.75, 3.05) is 18.0 Å². The molecule has 2 aliphatic rings. The van der Waals surface area contributed by atoms with Gasteiger partial charge in [-0.2, -0.15) is 5.10 Å². The van der Waals surface area contributed by atoms with E-state index in [2.05, 4.69) is 5.10 Å². The number of aromatic nitrogens is 2. The van der Waals surface area contributed by atoms with E-state index in [-0.39, 0.29) is 18.3 Å². The van der Waals surface area contributed by atoms with Gasteiger partial charge in [-0.05, 0) is 43.2 Å². The van der Waals surface area contributed by atoms with Crippen molar-refractivity contribution in [1.82, 2.24) is 14.8 Å². The molecular weight excluding hydrogens is 359 g/mol. The molecule has 6 nitrogen and oxygen atoms in total. The van der Waals surface area contributed by atoms with Gasteiger partial charge in [0.25, 0.3) is 0 Å². The third-order valence-corrected chi connectivity index (χ3v) is 5.16. The van der Waals surface area contributed by atoms with E-state index in [4.69, 9.17) is 4.84 Å². The van der Waals surface area contributed by atoms with Crippen LogP contribution in [-0.2, 0) is 17.8 Å². The van der Waals surface area contributed by atoms with Crippen LogP contribution in [0, 0.1) is 5.82 Å². The summed E-state index contributed by atoms with van der Waals surface area (Å²) in [7, 11) is 0. The van der Waals surface area contributed by atoms with Crippen LogP contribution < -0.4 is 9.74 Å². The summed E-state index contributed by atoms with van der Waals surface area (Å²) in [5.41, 5.74) is 3.66. The number of carbonyl (C=O) groups excluding carboxylic acids is 1. The first-order valence-corrected chi connectivity index (χ1v) is 9.33. The molecular formula is C21H19FN4O2. The lowest BCUT2D eigenvalue weighted by Crippen LogP contribution is -2.42. The van der Waals surface area contributed by atoms with E-state index in [9.17, 15) is 9.18 Å². The van der Waals surface area contributed by atoms with Crippen LogP contribution in [0.5, 0.6) is 5.75 Å². The maximum absolute atomic E-state index is 13.2. The number of rotatable bonds is 3. The van der Waals surface area contributed by atoms with Gasteiger partial charge in [-0.15, -0.1) is 5.06 Å². The Labute approximate surface area is 161 Å². The van der Waals surface area contributed by atoms with Crippen LogP contribution in [0.15, 0.2) is 54.7 Å². The third-order valence-electron chi connectivity index (χ3n) is 5.16. The van der Waals surface area contributed by atoms with Gasteiger partial charge in [-0.3, -0.25) is 4.79 Å². The Hall–Kier alpha value is -3.19. The standard InChI is InChI=1S/C21H19FN4O2/c22-16-7-9-17(10-8-16)26-18-5-3-11-25(19(18)12-23-26)21(27)14-24-13-15-4-1-2-6-20(15)28-24/h1-2,4,6-10,12H,3,5,11,13-14H2. The molecule has 0 atom stereocenters. The molecule has 5 rings (SSSR count). The Kier molecular flexibility index (Phi) is 4.09. The van der Waals surface area contributed by atoms with Crippen LogP contribution in [0.2, 0.25) is 0 Å². The zero-order valence-electron chi connectivity index (χ0n) is 15.2. The van der Waals surface area contributed by atoms with Crippen molar-refractivity contribution in [3.63, 3.8) is 0 Å². The number of benzene rings is 2. The van der Waals surface area contributed by atoms with Crippen molar-refractivity contribution in [3.8, 4) is 11.4 Å². The monoisotopic (exact) mass is 378 g/mol. The van der Waals surface area contributed by atoms with Crippen LogP contribution in [0.25, 0.3) is 5.69 Å². The number of hydrogen-bond donors (Lipinski definition) is 0. The molecule has 0 saturated carbocycles. The molecule has 0 bridgehead atoms. The van der Waals surface area contributed by atoms with E-state index in [0.29, 0.717) is 13.1 Å². The first-order valence-electron chi connectivity index (χ1n) is 9.33. The highest BCUT2D eigenvalue weighted by atomic mass is 19.1. The summed E-state index contributed by atoms with van der Waals surface area (Å²) in [6.07, 6.45) is 3.39. The lowest BCUT2D eigenvalue weighted by atomic mass is 10.1. The molecule has 28 heavy (non-hydrogen) atoms. The fourth-order valence-electron chi connectivity index (χ4n) is 3.82. The van der Waals surface area contributed by atoms with Crippen molar-refractivity contribution < 1.29 is 14.0 Å². The number of para-hydroxylation sites is 1. The third kappa shape index (κ3) is 2.93. The molecule has 3 aromatic rings. The largest absolute Gasteiger partial charge is 0.405 e. The summed E-state index contributed by atoms with van der Waals surface area (Å²) >= 11 is 0. The Morgan fingerprint density at radius 3 is 2.79 bits per heavy atom. The molecule has 0 radical (unpaired) electrons. The number of nitrogens with zero attached hydrogens (tertiary/aromatic N) is 4. The number of anilines is 1. The summed E-state index contributed by atoms with van der Waals surface area (Å²) in [6, 6.07) is 14.0. The summed E-state index contributed by atoms with van der Waals surface area (Å²) < 4.78 is 15.0. The van der Waals surface area contributed by atoms with Gasteiger partial charge < -0.3 is 9.74 Å². The second-order valence-electron chi connectivity index (χ2n) is 7.01. The van der Waals surface area contributed by atoms with E-state index < -0.39 is 0 Å². The molecule has 3 heterocycles. The normalized spacial score (nSPS) is 15.8. The number of fused-ring (bicyclic) bond motifs is 2. The highest BCUT2D eigenvalue weighted by Crippen LogP contribution is 2.31. The zero-order chi connectivity index (χ0) is 19.1. The highest BCUT2D eigenvalue weighted by molar-refractivity contribution is 5.95. The Morgan fingerprint density at radius 2 is 1.96 bits per heavy atom. The van der Waals surface area contributed by atoms with Crippen LogP contribution >= 0.6 is 0 Å². The molecule has 0 aliphatic carbocycles. The Balaban J connectivity index is 1.35. The zero-order valence-corrected chi connectivity index (χ0v) is 15.2. The van der Waals surface area contributed by atoms with Gasteiger partial charge in [0.2, 0.25) is 5.91 Å². The lowest BCUT2D eigenvalue weighted by Gasteiger charge is -2.28. The van der Waals surface area contributed by atoms with E-state index in [0.717, 1.165) is 41.2 Å². The smallest absolute Gasteiger partial charge is 0.244 e. The predicted octanol–water partition coefficient (Wildman–Crippen LogP) is 3.10. The van der Waals surface area contributed by atoms with Crippen molar-refractivity contribution in [2.45, 2.75) is 19.4 Å². The molecule has 0 N–H and O–H groups in total. The first kappa shape index (κ1) is 16.9. The van der Waals surface area contributed by atoms with Gasteiger partial charge in [-0.1, -0.05) is 18.2 Å². The van der Waals surface area contributed by atoms with Gasteiger partial charge in [0.1, 0.15) is 12.4 Å². The quantitative estimate of drug-likeness (QED) is 0.703. The van der Waals surface area contributed by atoms with Crippen molar-refractivity contribution in [1.29, 1.82) is 0 Å². The molecule has 0 saturated heterocycles. The summed E-state index contributed by atoms with van der Waals surface area (Å²) in [6.45, 7) is 1.43.